The van der Waals surface area contributed by atoms with Crippen LogP contribution in [-0.4, -0.2) is 78.0 Å². The lowest BCUT2D eigenvalue weighted by molar-refractivity contribution is -0.280. The van der Waals surface area contributed by atoms with Gasteiger partial charge in [-0.2, -0.15) is 0 Å². The fraction of sp³-hybridized carbons (Fsp3) is 0.533. The molecule has 3 rings (SSSR count). The van der Waals surface area contributed by atoms with Crippen LogP contribution in [0.5, 0.6) is 5.75 Å². The first-order valence-corrected chi connectivity index (χ1v) is 16.1. The van der Waals surface area contributed by atoms with Gasteiger partial charge in [0.15, 0.2) is 6.10 Å². The number of pyridine rings is 1. The highest BCUT2D eigenvalue weighted by atomic mass is 31.2. The van der Waals surface area contributed by atoms with Gasteiger partial charge in [0, 0.05) is 32.1 Å². The molecule has 2 heterocycles. The van der Waals surface area contributed by atoms with E-state index in [0.717, 1.165) is 13.8 Å². The Morgan fingerprint density at radius 2 is 1.75 bits per heavy atom. The Hall–Kier alpha value is -3.53. The number of anilines is 1. The van der Waals surface area contributed by atoms with E-state index in [4.69, 9.17) is 34.4 Å². The van der Waals surface area contributed by atoms with Crippen LogP contribution in [0.3, 0.4) is 0 Å². The van der Waals surface area contributed by atoms with Crippen molar-refractivity contribution in [2.45, 2.75) is 84.1 Å². The second-order valence-corrected chi connectivity index (χ2v) is 12.1. The summed E-state index contributed by atoms with van der Waals surface area (Å²) in [4.78, 5) is 40.6. The summed E-state index contributed by atoms with van der Waals surface area (Å²) in [6.07, 6.45) is -0.0583. The van der Waals surface area contributed by atoms with Crippen molar-refractivity contribution in [2.24, 2.45) is 0 Å². The molecule has 0 unspecified atom stereocenters. The molecule has 0 aliphatic carbocycles. The van der Waals surface area contributed by atoms with Crippen LogP contribution < -0.4 is 10.1 Å². The quantitative estimate of drug-likeness (QED) is 0.125. The average molecular weight is 635 g/mol. The van der Waals surface area contributed by atoms with Crippen LogP contribution in [0.15, 0.2) is 30.3 Å². The SMILES string of the molecule is C#CCCCC(=O)Nc1ccc2cc(O[C@H]3O[C@H](CCP(=O)(OCC)OCC)[C@@H](O)[C@H](OC(C)=O)[C@@H]3OC(C)=O)ccc2n1. The zero-order valence-electron chi connectivity index (χ0n) is 25.2. The summed E-state index contributed by atoms with van der Waals surface area (Å²) >= 11 is 0. The minimum Gasteiger partial charge on any atom is -0.461 e. The van der Waals surface area contributed by atoms with Gasteiger partial charge in [0.1, 0.15) is 17.7 Å². The second kappa shape index (κ2) is 16.5. The molecule has 1 amide bonds. The Morgan fingerprint density at radius 3 is 2.39 bits per heavy atom. The predicted molar refractivity (Wildman–Crippen MR) is 160 cm³/mol. The largest absolute Gasteiger partial charge is 0.461 e. The van der Waals surface area contributed by atoms with Gasteiger partial charge in [-0.3, -0.25) is 18.9 Å². The number of terminal acetylenes is 1. The molecule has 44 heavy (non-hydrogen) atoms. The highest BCUT2D eigenvalue weighted by molar-refractivity contribution is 7.53. The molecule has 0 saturated carbocycles. The van der Waals surface area contributed by atoms with E-state index in [-0.39, 0.29) is 38.1 Å². The average Bonchev–Trinajstić information content (AvgIpc) is 2.95. The topological polar surface area (TPSA) is 169 Å². The van der Waals surface area contributed by atoms with E-state index in [1.165, 1.54) is 0 Å². The number of aliphatic hydroxyl groups excluding tert-OH is 1. The standard InChI is InChI=1S/C30H39N2O11P/c1-6-9-10-11-26(35)32-25-15-12-21-18-22(13-14-23(21)31-25)42-30-29(41-20(5)34)28(40-19(4)33)27(36)24(43-30)16-17-44(37,38-7-2)39-8-3/h1,12-15,18,24,27-30,36H,7-11,16-17H2,2-5H3,(H,31,32,35)/t24-,27-,28+,29+,30+/m1/s1. The zero-order valence-corrected chi connectivity index (χ0v) is 26.1. The van der Waals surface area contributed by atoms with E-state index >= 15 is 0 Å². The smallest absolute Gasteiger partial charge is 0.330 e. The molecule has 1 aliphatic heterocycles. The molecule has 0 spiro atoms. The highest BCUT2D eigenvalue weighted by Crippen LogP contribution is 2.49. The number of carbonyl (C=O) groups is 3. The van der Waals surface area contributed by atoms with Gasteiger partial charge in [-0.15, -0.1) is 12.3 Å². The number of nitrogens with one attached hydrogen (secondary N) is 1. The molecule has 1 aromatic carbocycles. The Balaban J connectivity index is 1.85. The third-order valence-corrected chi connectivity index (χ3v) is 8.58. The van der Waals surface area contributed by atoms with Crippen molar-refractivity contribution in [3.63, 3.8) is 0 Å². The fourth-order valence-corrected chi connectivity index (χ4v) is 6.34. The van der Waals surface area contributed by atoms with Crippen LogP contribution in [0.2, 0.25) is 0 Å². The molecule has 1 fully saturated rings. The fourth-order valence-electron chi connectivity index (χ4n) is 4.65. The number of aliphatic hydroxyl groups is 1. The maximum Gasteiger partial charge on any atom is 0.330 e. The van der Waals surface area contributed by atoms with Gasteiger partial charge in [-0.25, -0.2) is 4.98 Å². The van der Waals surface area contributed by atoms with Gasteiger partial charge in [-0.1, -0.05) is 0 Å². The van der Waals surface area contributed by atoms with E-state index < -0.39 is 50.2 Å². The summed E-state index contributed by atoms with van der Waals surface area (Å²) in [6.45, 7) is 5.98. The molecule has 1 aromatic heterocycles. The van der Waals surface area contributed by atoms with E-state index in [2.05, 4.69) is 16.2 Å². The molecule has 0 radical (unpaired) electrons. The number of ether oxygens (including phenoxy) is 4. The number of aromatic nitrogens is 1. The lowest BCUT2D eigenvalue weighted by atomic mass is 9.96. The molecule has 14 heteroatoms. The lowest BCUT2D eigenvalue weighted by Gasteiger charge is -2.43. The summed E-state index contributed by atoms with van der Waals surface area (Å²) in [5.41, 5.74) is 0.563. The molecule has 2 aromatic rings. The van der Waals surface area contributed by atoms with Gasteiger partial charge in [0.25, 0.3) is 0 Å². The number of carbonyl (C=O) groups excluding carboxylic acids is 3. The third kappa shape index (κ3) is 10.0. The number of amides is 1. The van der Waals surface area contributed by atoms with Crippen molar-refractivity contribution in [2.75, 3.05) is 24.7 Å². The van der Waals surface area contributed by atoms with Crippen molar-refractivity contribution in [3.8, 4) is 18.1 Å². The van der Waals surface area contributed by atoms with Crippen LogP contribution >= 0.6 is 7.60 Å². The number of hydrogen-bond donors (Lipinski definition) is 2. The minimum absolute atomic E-state index is 0.0122. The summed E-state index contributed by atoms with van der Waals surface area (Å²) in [5, 5.41) is 14.5. The van der Waals surface area contributed by atoms with Crippen molar-refractivity contribution < 1.29 is 52.1 Å². The molecular formula is C30H39N2O11P. The molecule has 240 valence electrons. The van der Waals surface area contributed by atoms with E-state index in [0.29, 0.717) is 35.3 Å². The van der Waals surface area contributed by atoms with Crippen LogP contribution in [0.1, 0.15) is 53.4 Å². The third-order valence-electron chi connectivity index (χ3n) is 6.47. The molecular weight excluding hydrogens is 595 g/mol. The Kier molecular flexibility index (Phi) is 13.1. The monoisotopic (exact) mass is 634 g/mol. The Bertz CT molecular complexity index is 1380. The van der Waals surface area contributed by atoms with Crippen molar-refractivity contribution in [1.29, 1.82) is 0 Å². The van der Waals surface area contributed by atoms with Crippen molar-refractivity contribution >= 4 is 42.2 Å². The first-order chi connectivity index (χ1) is 21.0. The lowest BCUT2D eigenvalue weighted by Crippen LogP contribution is -2.61. The van der Waals surface area contributed by atoms with Crippen LogP contribution in [-0.2, 0) is 42.2 Å². The molecule has 13 nitrogen and oxygen atoms in total. The minimum atomic E-state index is -3.50. The number of fused-ring (bicyclic) bond motifs is 1. The van der Waals surface area contributed by atoms with E-state index in [1.54, 1.807) is 44.2 Å². The van der Waals surface area contributed by atoms with Crippen LogP contribution in [0.25, 0.3) is 10.9 Å². The molecule has 1 aliphatic rings. The predicted octanol–water partition coefficient (Wildman–Crippen LogP) is 3.96. The van der Waals surface area contributed by atoms with Gasteiger partial charge in [-0.05, 0) is 57.0 Å². The Labute approximate surface area is 256 Å². The van der Waals surface area contributed by atoms with Crippen LogP contribution in [0.4, 0.5) is 5.82 Å². The number of unbranched alkanes of at least 4 members (excludes halogenated alkanes) is 1. The maximum atomic E-state index is 13.1. The number of rotatable bonds is 15. The maximum absolute atomic E-state index is 13.1. The number of hydrogen-bond acceptors (Lipinski definition) is 12. The first-order valence-electron chi connectivity index (χ1n) is 14.4. The second-order valence-electron chi connectivity index (χ2n) is 9.92. The molecule has 0 bridgehead atoms. The Morgan fingerprint density at radius 1 is 1.07 bits per heavy atom. The number of benzene rings is 1. The first kappa shape index (κ1) is 35.0. The van der Waals surface area contributed by atoms with Crippen LogP contribution in [0, 0.1) is 12.3 Å². The van der Waals surface area contributed by atoms with Crippen molar-refractivity contribution in [3.05, 3.63) is 30.3 Å². The van der Waals surface area contributed by atoms with E-state index in [9.17, 15) is 24.1 Å². The number of nitrogens with zero attached hydrogens (tertiary/aromatic N) is 1. The number of esters is 2. The summed E-state index contributed by atoms with van der Waals surface area (Å²) in [7, 11) is -3.50. The summed E-state index contributed by atoms with van der Waals surface area (Å²) in [5.74, 6) is 1.52. The summed E-state index contributed by atoms with van der Waals surface area (Å²) in [6, 6.07) is 8.31. The molecule has 5 atom stereocenters. The van der Waals surface area contributed by atoms with Gasteiger partial charge in [0.2, 0.25) is 18.3 Å². The normalized spacial score (nSPS) is 21.7. The van der Waals surface area contributed by atoms with Gasteiger partial charge >= 0.3 is 19.5 Å². The summed E-state index contributed by atoms with van der Waals surface area (Å²) < 4.78 is 46.7. The molecule has 1 saturated heterocycles. The zero-order chi connectivity index (χ0) is 32.3. The molecule has 2 N–H and O–H groups in total. The van der Waals surface area contributed by atoms with Gasteiger partial charge < -0.3 is 38.4 Å². The van der Waals surface area contributed by atoms with Crippen molar-refractivity contribution in [1.82, 2.24) is 4.98 Å². The van der Waals surface area contributed by atoms with E-state index in [1.807, 2.05) is 0 Å². The van der Waals surface area contributed by atoms with Gasteiger partial charge in [0.05, 0.1) is 31.0 Å². The highest BCUT2D eigenvalue weighted by Gasteiger charge is 2.51.